The summed E-state index contributed by atoms with van der Waals surface area (Å²) in [6.07, 6.45) is -4.22. The third-order valence-corrected chi connectivity index (χ3v) is 14.3. The highest BCUT2D eigenvalue weighted by Crippen LogP contribution is 2.49. The minimum absolute atomic E-state index is 0.00567. The standard InChI is InChI=1S/C44H79NO13Si/c1-20-32-44(11)38(58-59(17,18)19)26(4)34(57-44)24(2)22-42(9,49-15)37(56-41-36(48-14)31(45(12)13)21-25(3)51-41)27(5)35(28(6)40(47)54-32)55-33-23-43(10,50-16)39(29(7)52-33)53-30(8)46/h25-29,31-33,35-39,41H,20-23H2,1-19H3/b34-24+/t25-,26+,27+,28-,29+,31+,32-,33?,35+,36-,37-,38+,39+,41+,42-,43-,44?/m1/s1. The molecule has 0 aromatic rings. The van der Waals surface area contributed by atoms with Crippen LogP contribution in [0, 0.1) is 17.8 Å². The quantitative estimate of drug-likeness (QED) is 0.153. The van der Waals surface area contributed by atoms with Crippen LogP contribution in [0.3, 0.4) is 0 Å². The van der Waals surface area contributed by atoms with Gasteiger partial charge in [-0.1, -0.05) is 20.8 Å². The molecular formula is C44H79NO13Si. The molecule has 15 heteroatoms. The minimum atomic E-state index is -2.12. The predicted molar refractivity (Wildman–Crippen MR) is 225 cm³/mol. The van der Waals surface area contributed by atoms with Crippen molar-refractivity contribution in [2.24, 2.45) is 17.8 Å². The van der Waals surface area contributed by atoms with Crippen molar-refractivity contribution in [1.29, 1.82) is 0 Å². The molecule has 0 aliphatic carbocycles. The van der Waals surface area contributed by atoms with Gasteiger partial charge in [0.2, 0.25) is 0 Å². The molecular weight excluding hydrogens is 779 g/mol. The molecule has 3 fully saturated rings. The predicted octanol–water partition coefficient (Wildman–Crippen LogP) is 6.63. The fraction of sp³-hybridized carbons (Fsp3) is 0.909. The Morgan fingerprint density at radius 1 is 0.881 bits per heavy atom. The number of ether oxygens (including phenoxy) is 10. The van der Waals surface area contributed by atoms with Crippen LogP contribution in [0.25, 0.3) is 0 Å². The van der Waals surface area contributed by atoms with Crippen LogP contribution < -0.4 is 0 Å². The van der Waals surface area contributed by atoms with Gasteiger partial charge in [-0.15, -0.1) is 0 Å². The third-order valence-electron chi connectivity index (χ3n) is 13.3. The maximum Gasteiger partial charge on any atom is 0.311 e. The molecule has 4 aliphatic rings. The smallest absolute Gasteiger partial charge is 0.311 e. The number of cyclic esters (lactones) is 1. The Morgan fingerprint density at radius 2 is 1.51 bits per heavy atom. The van der Waals surface area contributed by atoms with Crippen LogP contribution in [-0.2, 0) is 61.4 Å². The normalized spacial score (nSPS) is 45.2. The molecule has 0 amide bonds. The van der Waals surface area contributed by atoms with E-state index in [4.69, 9.17) is 51.8 Å². The Morgan fingerprint density at radius 3 is 2.03 bits per heavy atom. The van der Waals surface area contributed by atoms with Crippen molar-refractivity contribution in [3.63, 3.8) is 0 Å². The van der Waals surface area contributed by atoms with Crippen molar-refractivity contribution >= 4 is 20.3 Å². The lowest BCUT2D eigenvalue weighted by Crippen LogP contribution is -2.61. The Kier molecular flexibility index (Phi) is 16.4. The van der Waals surface area contributed by atoms with Gasteiger partial charge >= 0.3 is 11.9 Å². The first kappa shape index (κ1) is 50.0. The van der Waals surface area contributed by atoms with Gasteiger partial charge in [0.1, 0.15) is 23.6 Å². The zero-order valence-corrected chi connectivity index (χ0v) is 40.7. The summed E-state index contributed by atoms with van der Waals surface area (Å²) in [5.41, 5.74) is -1.98. The van der Waals surface area contributed by atoms with E-state index in [1.165, 1.54) is 6.92 Å². The molecule has 2 bridgehead atoms. The summed E-state index contributed by atoms with van der Waals surface area (Å²) >= 11 is 0. The molecule has 4 rings (SSSR count). The van der Waals surface area contributed by atoms with E-state index in [2.05, 4.69) is 38.4 Å². The molecule has 2 unspecified atom stereocenters. The fourth-order valence-corrected chi connectivity index (χ4v) is 11.3. The first-order valence-corrected chi connectivity index (χ1v) is 25.1. The van der Waals surface area contributed by atoms with Gasteiger partial charge in [0, 0.05) is 59.0 Å². The number of fused-ring (bicyclic) bond motifs is 2. The molecule has 342 valence electrons. The molecule has 0 radical (unpaired) electrons. The number of carbonyl (C=O) groups is 2. The summed E-state index contributed by atoms with van der Waals surface area (Å²) in [7, 11) is 6.88. The summed E-state index contributed by atoms with van der Waals surface area (Å²) in [5.74, 6) is -1.60. The van der Waals surface area contributed by atoms with Crippen LogP contribution in [0.1, 0.15) is 102 Å². The monoisotopic (exact) mass is 858 g/mol. The highest BCUT2D eigenvalue weighted by Gasteiger charge is 2.59. The lowest BCUT2D eigenvalue weighted by Gasteiger charge is -2.50. The van der Waals surface area contributed by atoms with Crippen molar-refractivity contribution in [2.75, 3.05) is 35.4 Å². The molecule has 59 heavy (non-hydrogen) atoms. The highest BCUT2D eigenvalue weighted by molar-refractivity contribution is 6.69. The average molecular weight is 858 g/mol. The second-order valence-corrected chi connectivity index (χ2v) is 24.0. The number of hydrogen-bond acceptors (Lipinski definition) is 14. The number of likely N-dealkylation sites (N-methyl/N-ethyl adjacent to an activating group) is 1. The zero-order valence-electron chi connectivity index (χ0n) is 39.7. The van der Waals surface area contributed by atoms with Gasteiger partial charge in [-0.2, -0.15) is 0 Å². The first-order valence-electron chi connectivity index (χ1n) is 21.6. The number of carbonyl (C=O) groups excluding carboxylic acids is 2. The van der Waals surface area contributed by atoms with E-state index in [1.807, 2.05) is 69.5 Å². The van der Waals surface area contributed by atoms with Crippen molar-refractivity contribution in [1.82, 2.24) is 4.90 Å². The van der Waals surface area contributed by atoms with E-state index >= 15 is 0 Å². The van der Waals surface area contributed by atoms with Gasteiger partial charge in [-0.25, -0.2) is 0 Å². The fourth-order valence-electron chi connectivity index (χ4n) is 10.1. The van der Waals surface area contributed by atoms with E-state index in [9.17, 15) is 9.59 Å². The van der Waals surface area contributed by atoms with Gasteiger partial charge < -0.3 is 56.7 Å². The van der Waals surface area contributed by atoms with E-state index in [1.54, 1.807) is 21.3 Å². The van der Waals surface area contributed by atoms with Gasteiger partial charge in [0.05, 0.1) is 42.0 Å². The van der Waals surface area contributed by atoms with Crippen LogP contribution in [0.4, 0.5) is 0 Å². The maximum absolute atomic E-state index is 14.8. The topological polar surface area (TPSA) is 139 Å². The van der Waals surface area contributed by atoms with E-state index < -0.39 is 98.1 Å². The molecule has 0 aromatic heterocycles. The summed E-state index contributed by atoms with van der Waals surface area (Å²) in [6, 6.07) is 0.00567. The number of hydrogen-bond donors (Lipinski definition) is 0. The summed E-state index contributed by atoms with van der Waals surface area (Å²) in [6.45, 7) is 27.7. The van der Waals surface area contributed by atoms with Crippen molar-refractivity contribution in [3.05, 3.63) is 11.3 Å². The van der Waals surface area contributed by atoms with Gasteiger partial charge in [0.25, 0.3) is 0 Å². The van der Waals surface area contributed by atoms with Crippen LogP contribution in [0.5, 0.6) is 0 Å². The molecule has 17 atom stereocenters. The molecule has 4 heterocycles. The molecule has 4 aliphatic heterocycles. The lowest BCUT2D eigenvalue weighted by atomic mass is 9.77. The Labute approximate surface area is 356 Å². The molecule has 0 spiro atoms. The summed E-state index contributed by atoms with van der Waals surface area (Å²) < 4.78 is 72.4. The minimum Gasteiger partial charge on any atom is -0.485 e. The van der Waals surface area contributed by atoms with Gasteiger partial charge in [0.15, 0.2) is 32.6 Å². The SMILES string of the molecule is CC[C@H]1OC(=O)[C@H](C)[C@@H](OC2C[C@@](C)(OC)[C@@H](OC(C)=O)[C@H](C)O2)[C@H](C)[C@@H](O[C@@H]2O[C@H](C)C[C@H](N(C)C)[C@H]2OC)[C@](C)(OC)C/C(C)=C2/OC1(C)[C@@H](O[Si](C)(C)C)[C@H]2C. The Hall–Kier alpha value is -1.66. The number of nitrogens with zero attached hydrogens (tertiary/aromatic N) is 1. The molecule has 0 aromatic carbocycles. The second kappa shape index (κ2) is 19.4. The van der Waals surface area contributed by atoms with Crippen molar-refractivity contribution < 1.29 is 61.4 Å². The number of esters is 2. The zero-order chi connectivity index (χ0) is 44.6. The number of methoxy groups -OCH3 is 3. The second-order valence-electron chi connectivity index (χ2n) is 19.5. The highest BCUT2D eigenvalue weighted by atomic mass is 28.4. The van der Waals surface area contributed by atoms with Crippen LogP contribution in [0.15, 0.2) is 11.3 Å². The largest absolute Gasteiger partial charge is 0.485 e. The average Bonchev–Trinajstić information content (AvgIpc) is 3.40. The first-order chi connectivity index (χ1) is 27.3. The Balaban J connectivity index is 1.92. The number of rotatable bonds is 12. The van der Waals surface area contributed by atoms with Crippen LogP contribution in [0.2, 0.25) is 19.6 Å². The van der Waals surface area contributed by atoms with E-state index in [0.717, 1.165) is 17.8 Å². The molecule has 0 saturated carbocycles. The van der Waals surface area contributed by atoms with Gasteiger partial charge in [-0.3, -0.25) is 9.59 Å². The van der Waals surface area contributed by atoms with Crippen LogP contribution in [-0.4, -0.2) is 145 Å². The molecule has 0 N–H and O–H groups in total. The van der Waals surface area contributed by atoms with Gasteiger partial charge in [-0.05, 0) is 101 Å². The van der Waals surface area contributed by atoms with E-state index in [0.29, 0.717) is 12.8 Å². The van der Waals surface area contributed by atoms with E-state index in [-0.39, 0.29) is 30.6 Å². The van der Waals surface area contributed by atoms with Crippen molar-refractivity contribution in [3.8, 4) is 0 Å². The third kappa shape index (κ3) is 10.8. The summed E-state index contributed by atoms with van der Waals surface area (Å²) in [5, 5.41) is 0. The summed E-state index contributed by atoms with van der Waals surface area (Å²) in [4.78, 5) is 29.1. The molecule has 14 nitrogen and oxygen atoms in total. The Bertz CT molecular complexity index is 1470. The maximum atomic E-state index is 14.8. The molecule has 3 saturated heterocycles. The van der Waals surface area contributed by atoms with Crippen molar-refractivity contribution in [2.45, 2.75) is 206 Å². The lowest BCUT2D eigenvalue weighted by molar-refractivity contribution is -0.320. The van der Waals surface area contributed by atoms with Crippen LogP contribution >= 0.6 is 0 Å².